The van der Waals surface area contributed by atoms with Gasteiger partial charge in [-0.3, -0.25) is 4.99 Å². The number of nitrogens with one attached hydrogen (secondary N) is 1. The number of guanidine groups is 1. The van der Waals surface area contributed by atoms with Crippen LogP contribution in [-0.2, 0) is 0 Å². The van der Waals surface area contributed by atoms with Gasteiger partial charge in [0.1, 0.15) is 17.3 Å². The summed E-state index contributed by atoms with van der Waals surface area (Å²) < 4.78 is 34.5. The molecule has 0 heterocycles. The number of allylic oxidation sites excluding steroid dienone is 2. The maximum atomic E-state index is 14.8. The van der Waals surface area contributed by atoms with Crippen molar-refractivity contribution in [2.24, 2.45) is 15.7 Å². The number of nitrogens with zero attached hydrogens (tertiary/aromatic N) is 2. The highest BCUT2D eigenvalue weighted by Gasteiger charge is 2.17. The Morgan fingerprint density at radius 3 is 2.48 bits per heavy atom. The number of ether oxygens (including phenoxy) is 1. The molecule has 168 valence electrons. The molecule has 0 aliphatic heterocycles. The van der Waals surface area contributed by atoms with Gasteiger partial charge in [-0.1, -0.05) is 55.1 Å². The number of aliphatic imine (C=N–C) groups is 2. The lowest BCUT2D eigenvalue weighted by atomic mass is 10.0. The fraction of sp³-hybridized carbons (Fsp3) is 0.0400. The highest BCUT2D eigenvalue weighted by molar-refractivity contribution is 7.80. The van der Waals surface area contributed by atoms with E-state index in [9.17, 15) is 8.78 Å². The molecule has 3 N–H and O–H groups in total. The maximum absolute atomic E-state index is 14.8. The molecule has 0 aliphatic rings. The van der Waals surface area contributed by atoms with Gasteiger partial charge in [0, 0.05) is 10.5 Å². The van der Waals surface area contributed by atoms with Crippen LogP contribution in [0.25, 0.3) is 11.1 Å². The number of rotatable bonds is 8. The van der Waals surface area contributed by atoms with Gasteiger partial charge in [-0.25, -0.2) is 13.8 Å². The lowest BCUT2D eigenvalue weighted by Crippen LogP contribution is -2.24. The fourth-order valence-corrected chi connectivity index (χ4v) is 3.17. The van der Waals surface area contributed by atoms with Crippen LogP contribution in [0.2, 0.25) is 0 Å². The molecule has 0 fully saturated rings. The van der Waals surface area contributed by atoms with Crippen molar-refractivity contribution < 1.29 is 13.5 Å². The van der Waals surface area contributed by atoms with E-state index in [1.165, 1.54) is 12.1 Å². The van der Waals surface area contributed by atoms with Gasteiger partial charge in [0.15, 0.2) is 17.5 Å². The second kappa shape index (κ2) is 11.1. The number of para-hydroxylation sites is 1. The monoisotopic (exact) mass is 464 g/mol. The molecule has 3 rings (SSSR count). The second-order valence-corrected chi connectivity index (χ2v) is 7.20. The Hall–Kier alpha value is -3.91. The number of thiol groups is 1. The van der Waals surface area contributed by atoms with Crippen LogP contribution < -0.4 is 15.8 Å². The summed E-state index contributed by atoms with van der Waals surface area (Å²) in [6.07, 6.45) is 0.998. The van der Waals surface area contributed by atoms with E-state index in [1.54, 1.807) is 12.1 Å². The average molecular weight is 465 g/mol. The van der Waals surface area contributed by atoms with Crippen LogP contribution in [0.3, 0.4) is 0 Å². The van der Waals surface area contributed by atoms with Crippen molar-refractivity contribution in [3.8, 4) is 22.6 Å². The highest BCUT2D eigenvalue weighted by atomic mass is 32.1. The zero-order valence-electron chi connectivity index (χ0n) is 17.6. The van der Waals surface area contributed by atoms with Gasteiger partial charge in [0.05, 0.1) is 12.2 Å². The molecule has 0 amide bonds. The van der Waals surface area contributed by atoms with Crippen molar-refractivity contribution in [1.82, 2.24) is 0 Å². The third kappa shape index (κ3) is 5.87. The molecule has 0 aliphatic carbocycles. The predicted molar refractivity (Wildman–Crippen MR) is 134 cm³/mol. The van der Waals surface area contributed by atoms with Crippen LogP contribution >= 0.6 is 12.6 Å². The molecule has 0 saturated heterocycles. The van der Waals surface area contributed by atoms with Crippen molar-refractivity contribution >= 4 is 31.0 Å². The minimum absolute atomic E-state index is 0.0339. The van der Waals surface area contributed by atoms with E-state index < -0.39 is 11.6 Å². The molecule has 33 heavy (non-hydrogen) atoms. The highest BCUT2D eigenvalue weighted by Crippen LogP contribution is 2.40. The van der Waals surface area contributed by atoms with Gasteiger partial charge < -0.3 is 15.8 Å². The predicted octanol–water partition coefficient (Wildman–Crippen LogP) is 6.37. The molecule has 0 atom stereocenters. The molecule has 5 nitrogen and oxygen atoms in total. The van der Waals surface area contributed by atoms with Crippen molar-refractivity contribution in [2.75, 3.05) is 11.9 Å². The van der Waals surface area contributed by atoms with Gasteiger partial charge in [-0.05, 0) is 36.6 Å². The largest absolute Gasteiger partial charge is 0.451 e. The van der Waals surface area contributed by atoms with Gasteiger partial charge in [0.25, 0.3) is 0 Å². The summed E-state index contributed by atoms with van der Waals surface area (Å²) in [7, 11) is 0. The van der Waals surface area contributed by atoms with Crippen molar-refractivity contribution in [3.63, 3.8) is 0 Å². The molecule has 0 saturated carbocycles. The van der Waals surface area contributed by atoms with Crippen LogP contribution in [0, 0.1) is 5.82 Å². The summed E-state index contributed by atoms with van der Waals surface area (Å²) in [5.41, 5.74) is 7.77. The van der Waals surface area contributed by atoms with Crippen LogP contribution in [0.4, 0.5) is 14.5 Å². The SMILES string of the molecule is C=C/C(F)=C(/CN=C(N)Nc1c(S)ccc(F)c1Oc1ccccc1-c1ccccc1)N=C. The number of hydrogen-bond acceptors (Lipinski definition) is 4. The van der Waals surface area contributed by atoms with Gasteiger partial charge >= 0.3 is 0 Å². The Morgan fingerprint density at radius 2 is 1.79 bits per heavy atom. The molecule has 0 spiro atoms. The third-order valence-corrected chi connectivity index (χ3v) is 4.94. The van der Waals surface area contributed by atoms with E-state index in [-0.39, 0.29) is 29.6 Å². The van der Waals surface area contributed by atoms with Crippen molar-refractivity contribution in [1.29, 1.82) is 0 Å². The lowest BCUT2D eigenvalue weighted by Gasteiger charge is -2.17. The minimum atomic E-state index is -0.663. The Kier molecular flexibility index (Phi) is 7.99. The van der Waals surface area contributed by atoms with Gasteiger partial charge in [-0.2, -0.15) is 0 Å². The van der Waals surface area contributed by atoms with Crippen LogP contribution in [0.1, 0.15) is 0 Å². The van der Waals surface area contributed by atoms with E-state index in [0.717, 1.165) is 17.2 Å². The molecule has 3 aromatic rings. The number of benzene rings is 3. The van der Waals surface area contributed by atoms with E-state index in [0.29, 0.717) is 10.6 Å². The quantitative estimate of drug-likeness (QED) is 0.157. The molecular formula is C25H22F2N4OS. The van der Waals surface area contributed by atoms with Gasteiger partial charge in [0.2, 0.25) is 0 Å². The molecule has 0 radical (unpaired) electrons. The number of halogens is 2. The Balaban J connectivity index is 1.95. The number of hydrogen-bond donors (Lipinski definition) is 3. The zero-order chi connectivity index (χ0) is 23.8. The van der Waals surface area contributed by atoms with Crippen LogP contribution in [-0.4, -0.2) is 19.2 Å². The van der Waals surface area contributed by atoms with Crippen LogP contribution in [0.15, 0.2) is 106 Å². The first-order valence-electron chi connectivity index (χ1n) is 9.83. The molecule has 0 unspecified atom stereocenters. The second-order valence-electron chi connectivity index (χ2n) is 6.72. The molecule has 0 aromatic heterocycles. The van der Waals surface area contributed by atoms with E-state index >= 15 is 0 Å². The van der Waals surface area contributed by atoms with Gasteiger partial charge in [-0.15, -0.1) is 12.6 Å². The Morgan fingerprint density at radius 1 is 1.09 bits per heavy atom. The molecule has 3 aromatic carbocycles. The summed E-state index contributed by atoms with van der Waals surface area (Å²) in [6.45, 7) is 6.46. The summed E-state index contributed by atoms with van der Waals surface area (Å²) in [6, 6.07) is 19.5. The van der Waals surface area contributed by atoms with E-state index in [4.69, 9.17) is 10.5 Å². The topological polar surface area (TPSA) is 72.0 Å². The normalized spacial score (nSPS) is 12.0. The average Bonchev–Trinajstić information content (AvgIpc) is 2.84. The standard InChI is InChI=1S/C25H22F2N4OS/c1-3-18(26)20(29-2)15-30-25(28)31-23-22(33)14-13-19(27)24(23)32-21-12-8-7-11-17(21)16-9-5-4-6-10-16/h3-14,33H,1-2,15H2,(H3,28,30,31)/b20-18+. The number of nitrogens with two attached hydrogens (primary N) is 1. The zero-order valence-corrected chi connectivity index (χ0v) is 18.5. The van der Waals surface area contributed by atoms with Crippen molar-refractivity contribution in [3.05, 3.63) is 96.7 Å². The minimum Gasteiger partial charge on any atom is -0.451 e. The van der Waals surface area contributed by atoms with E-state index in [2.05, 4.69) is 41.2 Å². The van der Waals surface area contributed by atoms with Crippen molar-refractivity contribution in [2.45, 2.75) is 4.90 Å². The first-order valence-corrected chi connectivity index (χ1v) is 10.3. The summed E-state index contributed by atoms with van der Waals surface area (Å²) in [5, 5.41) is 2.79. The first-order chi connectivity index (χ1) is 15.9. The lowest BCUT2D eigenvalue weighted by molar-refractivity contribution is 0.444. The first kappa shape index (κ1) is 23.7. The molecule has 0 bridgehead atoms. The smallest absolute Gasteiger partial charge is 0.193 e. The summed E-state index contributed by atoms with van der Waals surface area (Å²) in [4.78, 5) is 7.98. The van der Waals surface area contributed by atoms with E-state index in [1.807, 2.05) is 42.5 Å². The molecular weight excluding hydrogens is 442 g/mol. The fourth-order valence-electron chi connectivity index (χ4n) is 2.94. The third-order valence-electron chi connectivity index (χ3n) is 4.57. The Labute approximate surface area is 196 Å². The molecule has 8 heteroatoms. The summed E-state index contributed by atoms with van der Waals surface area (Å²) in [5.74, 6) is -1.08. The van der Waals surface area contributed by atoms with Crippen LogP contribution in [0.5, 0.6) is 11.5 Å². The maximum Gasteiger partial charge on any atom is 0.193 e. The Bertz CT molecular complexity index is 1230. The summed E-state index contributed by atoms with van der Waals surface area (Å²) >= 11 is 4.40. The number of anilines is 1.